The van der Waals surface area contributed by atoms with E-state index >= 15 is 0 Å². The second-order valence-corrected chi connectivity index (χ2v) is 7.64. The summed E-state index contributed by atoms with van der Waals surface area (Å²) in [4.78, 5) is 24.7. The van der Waals surface area contributed by atoms with Crippen LogP contribution < -0.4 is 4.90 Å². The lowest BCUT2D eigenvalue weighted by atomic mass is 10.2. The number of rotatable bonds is 5. The maximum absolute atomic E-state index is 11.1. The van der Waals surface area contributed by atoms with Crippen molar-refractivity contribution in [2.75, 3.05) is 31.1 Å². The number of nitro benzene ring substituents is 1. The third kappa shape index (κ3) is 4.62. The highest BCUT2D eigenvalue weighted by Gasteiger charge is 2.18. The Morgan fingerprint density at radius 2 is 2.00 bits per heavy atom. The van der Waals surface area contributed by atoms with Crippen molar-refractivity contribution in [1.82, 2.24) is 24.6 Å². The van der Waals surface area contributed by atoms with Gasteiger partial charge < -0.3 is 4.90 Å². The minimum absolute atomic E-state index is 0.0416. The minimum atomic E-state index is -0.397. The molecule has 2 aromatic heterocycles. The topological polar surface area (TPSA) is 93.2 Å². The molecule has 0 N–H and O–H groups in total. The number of nitrogens with zero attached hydrogens (tertiary/aromatic N) is 7. The zero-order valence-electron chi connectivity index (χ0n) is 17.2. The summed E-state index contributed by atoms with van der Waals surface area (Å²) >= 11 is 0. The molecule has 1 aliphatic rings. The smallest absolute Gasteiger partial charge is 0.270 e. The summed E-state index contributed by atoms with van der Waals surface area (Å²) in [5, 5.41) is 15.4. The van der Waals surface area contributed by atoms with E-state index in [1.807, 2.05) is 37.0 Å². The molecular weight excluding hydrogens is 382 g/mol. The zero-order valence-corrected chi connectivity index (χ0v) is 17.2. The van der Waals surface area contributed by atoms with Gasteiger partial charge in [0, 0.05) is 81.0 Å². The lowest BCUT2D eigenvalue weighted by molar-refractivity contribution is -0.384. The predicted molar refractivity (Wildman–Crippen MR) is 114 cm³/mol. The van der Waals surface area contributed by atoms with E-state index in [0.717, 1.165) is 50.7 Å². The number of aromatic nitrogens is 4. The summed E-state index contributed by atoms with van der Waals surface area (Å²) < 4.78 is 1.83. The molecule has 0 unspecified atom stereocenters. The first kappa shape index (κ1) is 20.0. The molecule has 0 radical (unpaired) electrons. The first-order chi connectivity index (χ1) is 14.5. The number of benzene rings is 1. The second-order valence-electron chi connectivity index (χ2n) is 7.64. The molecule has 30 heavy (non-hydrogen) atoms. The highest BCUT2D eigenvalue weighted by atomic mass is 16.6. The highest BCUT2D eigenvalue weighted by Crippen LogP contribution is 2.24. The number of hydrogen-bond donors (Lipinski definition) is 0. The Bertz CT molecular complexity index is 1050. The van der Waals surface area contributed by atoms with E-state index in [0.29, 0.717) is 11.4 Å². The number of aryl methyl sites for hydroxylation is 2. The number of nitro groups is 1. The third-order valence-corrected chi connectivity index (χ3v) is 5.23. The molecule has 3 aromatic rings. The molecule has 0 spiro atoms. The Balaban J connectivity index is 1.51. The fraction of sp³-hybridized carbons (Fsp3) is 0.381. The summed E-state index contributed by atoms with van der Waals surface area (Å²) in [6.45, 7) is 6.55. The molecule has 0 atom stereocenters. The van der Waals surface area contributed by atoms with Gasteiger partial charge in [0.15, 0.2) is 5.82 Å². The van der Waals surface area contributed by atoms with Crippen molar-refractivity contribution in [1.29, 1.82) is 0 Å². The van der Waals surface area contributed by atoms with Crippen LogP contribution in [-0.2, 0) is 13.6 Å². The Labute approximate surface area is 175 Å². The Kier molecular flexibility index (Phi) is 5.71. The first-order valence-electron chi connectivity index (χ1n) is 10.0. The molecule has 0 aliphatic carbocycles. The van der Waals surface area contributed by atoms with E-state index in [1.165, 1.54) is 17.7 Å². The lowest BCUT2D eigenvalue weighted by Gasteiger charge is -2.23. The van der Waals surface area contributed by atoms with Gasteiger partial charge in [-0.2, -0.15) is 5.10 Å². The van der Waals surface area contributed by atoms with Gasteiger partial charge in [-0.1, -0.05) is 12.1 Å². The van der Waals surface area contributed by atoms with Gasteiger partial charge >= 0.3 is 0 Å². The average molecular weight is 407 g/mol. The van der Waals surface area contributed by atoms with Crippen LogP contribution in [0.4, 0.5) is 11.5 Å². The van der Waals surface area contributed by atoms with Gasteiger partial charge in [-0.05, 0) is 13.3 Å². The van der Waals surface area contributed by atoms with Crippen LogP contribution in [-0.4, -0.2) is 55.8 Å². The standard InChI is InChI=1S/C21H25N7O2/c1-16-11-20(24-21(23-16)18-5-3-6-19(12-18)28(29)30)27-8-4-7-26(9-10-27)15-17-13-22-25(2)14-17/h3,5-6,11-14H,4,7-10,15H2,1-2H3. The normalized spacial score (nSPS) is 15.2. The molecule has 0 saturated carbocycles. The Morgan fingerprint density at radius 3 is 2.77 bits per heavy atom. The number of non-ortho nitro benzene ring substituents is 1. The largest absolute Gasteiger partial charge is 0.355 e. The van der Waals surface area contributed by atoms with E-state index in [-0.39, 0.29) is 5.69 Å². The van der Waals surface area contributed by atoms with E-state index in [1.54, 1.807) is 6.07 Å². The maximum Gasteiger partial charge on any atom is 0.270 e. The van der Waals surface area contributed by atoms with Gasteiger partial charge in [-0.15, -0.1) is 0 Å². The molecule has 9 nitrogen and oxygen atoms in total. The summed E-state index contributed by atoms with van der Waals surface area (Å²) in [6, 6.07) is 8.46. The first-order valence-corrected chi connectivity index (χ1v) is 10.0. The Hall–Kier alpha value is -3.33. The predicted octanol–water partition coefficient (Wildman–Crippen LogP) is 2.81. The SMILES string of the molecule is Cc1cc(N2CCCN(Cc3cnn(C)c3)CC2)nc(-c2cccc([N+](=O)[O-])c2)n1. The average Bonchev–Trinajstić information content (AvgIpc) is 2.99. The molecular formula is C21H25N7O2. The monoisotopic (exact) mass is 407 g/mol. The molecule has 156 valence electrons. The highest BCUT2D eigenvalue weighted by molar-refractivity contribution is 5.61. The van der Waals surface area contributed by atoms with Gasteiger partial charge in [-0.3, -0.25) is 19.7 Å². The molecule has 0 amide bonds. The van der Waals surface area contributed by atoms with Crippen molar-refractivity contribution < 1.29 is 4.92 Å². The molecule has 1 fully saturated rings. The molecule has 4 rings (SSSR count). The van der Waals surface area contributed by atoms with Gasteiger partial charge in [0.05, 0.1) is 11.1 Å². The second kappa shape index (κ2) is 8.58. The third-order valence-electron chi connectivity index (χ3n) is 5.23. The van der Waals surface area contributed by atoms with Crippen LogP contribution >= 0.6 is 0 Å². The van der Waals surface area contributed by atoms with E-state index in [2.05, 4.69) is 26.1 Å². The van der Waals surface area contributed by atoms with Gasteiger partial charge in [-0.25, -0.2) is 9.97 Å². The molecule has 0 bridgehead atoms. The fourth-order valence-electron chi connectivity index (χ4n) is 3.77. The molecule has 3 heterocycles. The zero-order chi connectivity index (χ0) is 21.1. The molecule has 1 aliphatic heterocycles. The van der Waals surface area contributed by atoms with Crippen LogP contribution in [0.2, 0.25) is 0 Å². The van der Waals surface area contributed by atoms with Crippen molar-refractivity contribution in [2.45, 2.75) is 19.9 Å². The molecule has 1 saturated heterocycles. The van der Waals surface area contributed by atoms with Crippen LogP contribution in [0.1, 0.15) is 17.7 Å². The van der Waals surface area contributed by atoms with Crippen molar-refractivity contribution in [2.24, 2.45) is 7.05 Å². The van der Waals surface area contributed by atoms with Crippen molar-refractivity contribution in [3.63, 3.8) is 0 Å². The fourth-order valence-corrected chi connectivity index (χ4v) is 3.77. The van der Waals surface area contributed by atoms with Crippen LogP contribution in [0.15, 0.2) is 42.7 Å². The summed E-state index contributed by atoms with van der Waals surface area (Å²) in [6.07, 6.45) is 5.01. The van der Waals surface area contributed by atoms with Gasteiger partial charge in [0.2, 0.25) is 0 Å². The Morgan fingerprint density at radius 1 is 1.13 bits per heavy atom. The molecule has 1 aromatic carbocycles. The number of hydrogen-bond acceptors (Lipinski definition) is 7. The summed E-state index contributed by atoms with van der Waals surface area (Å²) in [5.74, 6) is 1.39. The van der Waals surface area contributed by atoms with E-state index in [4.69, 9.17) is 4.98 Å². The number of anilines is 1. The molecule has 9 heteroatoms. The summed E-state index contributed by atoms with van der Waals surface area (Å²) in [5.41, 5.74) is 2.76. The van der Waals surface area contributed by atoms with Crippen LogP contribution in [0, 0.1) is 17.0 Å². The van der Waals surface area contributed by atoms with Gasteiger partial charge in [0.1, 0.15) is 5.82 Å². The van der Waals surface area contributed by atoms with Crippen LogP contribution in [0.3, 0.4) is 0 Å². The van der Waals surface area contributed by atoms with Gasteiger partial charge in [0.25, 0.3) is 5.69 Å². The van der Waals surface area contributed by atoms with Crippen LogP contribution in [0.25, 0.3) is 11.4 Å². The van der Waals surface area contributed by atoms with Crippen molar-refractivity contribution >= 4 is 11.5 Å². The van der Waals surface area contributed by atoms with E-state index < -0.39 is 4.92 Å². The van der Waals surface area contributed by atoms with Crippen LogP contribution in [0.5, 0.6) is 0 Å². The van der Waals surface area contributed by atoms with E-state index in [9.17, 15) is 10.1 Å². The minimum Gasteiger partial charge on any atom is -0.355 e. The quantitative estimate of drug-likeness (QED) is 0.474. The maximum atomic E-state index is 11.1. The van der Waals surface area contributed by atoms with Crippen molar-refractivity contribution in [3.8, 4) is 11.4 Å². The van der Waals surface area contributed by atoms with Crippen molar-refractivity contribution in [3.05, 3.63) is 64.1 Å². The lowest BCUT2D eigenvalue weighted by Crippen LogP contribution is -2.31. The summed E-state index contributed by atoms with van der Waals surface area (Å²) in [7, 11) is 1.93.